The van der Waals surface area contributed by atoms with Gasteiger partial charge in [-0.3, -0.25) is 0 Å². The second kappa shape index (κ2) is 5.45. The minimum Gasteiger partial charge on any atom is -0.345 e. The van der Waals surface area contributed by atoms with E-state index in [1.165, 1.54) is 0 Å². The maximum atomic E-state index is 12.5. The van der Waals surface area contributed by atoms with Crippen LogP contribution < -0.4 is 9.62 Å². The van der Waals surface area contributed by atoms with E-state index in [-0.39, 0.29) is 11.2 Å². The highest BCUT2D eigenvalue weighted by Gasteiger charge is 2.36. The van der Waals surface area contributed by atoms with Gasteiger partial charge in [0.1, 0.15) is 0 Å². The van der Waals surface area contributed by atoms with Crippen LogP contribution in [-0.4, -0.2) is 44.0 Å². The zero-order chi connectivity index (χ0) is 15.0. The zero-order valence-corrected chi connectivity index (χ0v) is 12.1. The molecule has 2 rings (SSSR count). The van der Waals surface area contributed by atoms with E-state index >= 15 is 0 Å². The van der Waals surface area contributed by atoms with Crippen molar-refractivity contribution in [2.24, 2.45) is 0 Å². The Balaban J connectivity index is 2.07. The molecule has 0 spiro atoms. The van der Waals surface area contributed by atoms with Gasteiger partial charge in [-0.1, -0.05) is 11.3 Å². The normalized spacial score (nSPS) is 21.2. The minimum atomic E-state index is -4.50. The fraction of sp³-hybridized carbons (Fsp3) is 0.778. The SMILES string of the molecule is CS(=O)(=O)N[C@H]1CCCN(c2nnc(C(F)(F)F)s2)C1. The highest BCUT2D eigenvalue weighted by molar-refractivity contribution is 7.88. The van der Waals surface area contributed by atoms with Gasteiger partial charge in [0, 0.05) is 19.1 Å². The number of nitrogens with zero attached hydrogens (tertiary/aromatic N) is 3. The number of halogens is 3. The molecule has 0 amide bonds. The third kappa shape index (κ3) is 4.03. The van der Waals surface area contributed by atoms with Crippen LogP contribution in [0.5, 0.6) is 0 Å². The zero-order valence-electron chi connectivity index (χ0n) is 10.5. The lowest BCUT2D eigenvalue weighted by Crippen LogP contribution is -2.47. The third-order valence-electron chi connectivity index (χ3n) is 2.73. The number of nitrogens with one attached hydrogen (secondary N) is 1. The first kappa shape index (κ1) is 15.4. The molecular weight excluding hydrogens is 317 g/mol. The number of sulfonamides is 1. The second-order valence-electron chi connectivity index (χ2n) is 4.56. The molecule has 1 atom stereocenters. The summed E-state index contributed by atoms with van der Waals surface area (Å²) in [6, 6.07) is -0.322. The molecule has 0 unspecified atom stereocenters. The Labute approximate surface area is 118 Å². The van der Waals surface area contributed by atoms with Crippen LogP contribution in [0.4, 0.5) is 18.3 Å². The van der Waals surface area contributed by atoms with Crippen LogP contribution in [0, 0.1) is 0 Å². The molecule has 6 nitrogen and oxygen atoms in total. The third-order valence-corrected chi connectivity index (χ3v) is 4.52. The predicted molar refractivity (Wildman–Crippen MR) is 68.1 cm³/mol. The van der Waals surface area contributed by atoms with E-state index in [9.17, 15) is 21.6 Å². The molecular formula is C9H13F3N4O2S2. The lowest BCUT2D eigenvalue weighted by molar-refractivity contribution is -0.138. The molecule has 0 bridgehead atoms. The molecule has 1 N–H and O–H groups in total. The molecule has 0 aromatic carbocycles. The summed E-state index contributed by atoms with van der Waals surface area (Å²) < 4.78 is 62.2. The summed E-state index contributed by atoms with van der Waals surface area (Å²) in [5.74, 6) is 0. The van der Waals surface area contributed by atoms with Crippen LogP contribution in [0.25, 0.3) is 0 Å². The van der Waals surface area contributed by atoms with Crippen molar-refractivity contribution in [3.05, 3.63) is 5.01 Å². The molecule has 1 aromatic rings. The van der Waals surface area contributed by atoms with Gasteiger partial charge in [-0.25, -0.2) is 13.1 Å². The molecule has 0 saturated carbocycles. The lowest BCUT2D eigenvalue weighted by atomic mass is 10.1. The number of aromatic nitrogens is 2. The van der Waals surface area contributed by atoms with Gasteiger partial charge in [0.25, 0.3) is 0 Å². The highest BCUT2D eigenvalue weighted by atomic mass is 32.2. The van der Waals surface area contributed by atoms with Gasteiger partial charge in [-0.05, 0) is 12.8 Å². The topological polar surface area (TPSA) is 75.2 Å². The Kier molecular flexibility index (Phi) is 4.21. The summed E-state index contributed by atoms with van der Waals surface area (Å²) in [7, 11) is -3.34. The van der Waals surface area contributed by atoms with Gasteiger partial charge >= 0.3 is 6.18 Å². The summed E-state index contributed by atoms with van der Waals surface area (Å²) in [4.78, 5) is 1.62. The van der Waals surface area contributed by atoms with Crippen LogP contribution in [0.3, 0.4) is 0 Å². The van der Waals surface area contributed by atoms with E-state index in [0.29, 0.717) is 37.3 Å². The Morgan fingerprint density at radius 2 is 2.10 bits per heavy atom. The minimum absolute atomic E-state index is 0.164. The average molecular weight is 330 g/mol. The summed E-state index contributed by atoms with van der Waals surface area (Å²) in [6.07, 6.45) is -2.13. The van der Waals surface area contributed by atoms with Gasteiger partial charge in [0.05, 0.1) is 6.26 Å². The largest absolute Gasteiger partial charge is 0.445 e. The van der Waals surface area contributed by atoms with Crippen molar-refractivity contribution in [2.45, 2.75) is 25.1 Å². The Morgan fingerprint density at radius 3 is 2.65 bits per heavy atom. The molecule has 1 aromatic heterocycles. The van der Waals surface area contributed by atoms with Gasteiger partial charge in [-0.2, -0.15) is 13.2 Å². The van der Waals surface area contributed by atoms with Gasteiger partial charge in [0.2, 0.25) is 20.2 Å². The van der Waals surface area contributed by atoms with Gasteiger partial charge in [0.15, 0.2) is 0 Å². The molecule has 1 aliphatic heterocycles. The lowest BCUT2D eigenvalue weighted by Gasteiger charge is -2.32. The first-order valence-corrected chi connectivity index (χ1v) is 8.49. The molecule has 1 saturated heterocycles. The summed E-state index contributed by atoms with van der Waals surface area (Å²) in [5.41, 5.74) is 0. The summed E-state index contributed by atoms with van der Waals surface area (Å²) in [6.45, 7) is 0.827. The van der Waals surface area contributed by atoms with E-state index in [4.69, 9.17) is 0 Å². The molecule has 0 aliphatic carbocycles. The molecule has 1 aliphatic rings. The Hall–Kier alpha value is -0.940. The average Bonchev–Trinajstić information content (AvgIpc) is 2.75. The highest BCUT2D eigenvalue weighted by Crippen LogP contribution is 2.34. The van der Waals surface area contributed by atoms with Crippen molar-refractivity contribution in [3.8, 4) is 0 Å². The van der Waals surface area contributed by atoms with E-state index in [0.717, 1.165) is 6.26 Å². The number of piperidine rings is 1. The smallest absolute Gasteiger partial charge is 0.345 e. The van der Waals surface area contributed by atoms with Crippen molar-refractivity contribution in [3.63, 3.8) is 0 Å². The number of anilines is 1. The van der Waals surface area contributed by atoms with Crippen LogP contribution in [0.1, 0.15) is 17.8 Å². The molecule has 114 valence electrons. The molecule has 11 heteroatoms. The van der Waals surface area contributed by atoms with Crippen LogP contribution in [-0.2, 0) is 16.2 Å². The van der Waals surface area contributed by atoms with Gasteiger partial charge in [-0.15, -0.1) is 10.2 Å². The second-order valence-corrected chi connectivity index (χ2v) is 7.30. The van der Waals surface area contributed by atoms with Crippen LogP contribution >= 0.6 is 11.3 Å². The number of alkyl halides is 3. The van der Waals surface area contributed by atoms with Crippen LogP contribution in [0.2, 0.25) is 0 Å². The standard InChI is InChI=1S/C9H13F3N4O2S2/c1-20(17,18)15-6-3-2-4-16(5-6)8-14-13-7(19-8)9(10,11)12/h6,15H,2-5H2,1H3/t6-/m0/s1. The maximum Gasteiger partial charge on any atom is 0.445 e. The molecule has 0 radical (unpaired) electrons. The predicted octanol–water partition coefficient (Wildman–Crippen LogP) is 1.07. The van der Waals surface area contributed by atoms with Crippen molar-refractivity contribution >= 4 is 26.5 Å². The first-order chi connectivity index (χ1) is 9.15. The monoisotopic (exact) mass is 330 g/mol. The Morgan fingerprint density at radius 1 is 1.40 bits per heavy atom. The molecule has 2 heterocycles. The van der Waals surface area contributed by atoms with E-state index in [1.54, 1.807) is 4.90 Å². The van der Waals surface area contributed by atoms with Crippen molar-refractivity contribution < 1.29 is 21.6 Å². The van der Waals surface area contributed by atoms with Crippen molar-refractivity contribution in [1.82, 2.24) is 14.9 Å². The fourth-order valence-electron chi connectivity index (χ4n) is 2.01. The summed E-state index contributed by atoms with van der Waals surface area (Å²) >= 11 is 0.468. The molecule has 1 fully saturated rings. The van der Waals surface area contributed by atoms with E-state index in [2.05, 4.69) is 14.9 Å². The van der Waals surface area contributed by atoms with Crippen molar-refractivity contribution in [1.29, 1.82) is 0 Å². The van der Waals surface area contributed by atoms with E-state index < -0.39 is 21.2 Å². The number of hydrogen-bond donors (Lipinski definition) is 1. The van der Waals surface area contributed by atoms with Crippen molar-refractivity contribution in [2.75, 3.05) is 24.2 Å². The Bertz CT molecular complexity index is 572. The fourth-order valence-corrected chi connectivity index (χ4v) is 3.55. The van der Waals surface area contributed by atoms with Gasteiger partial charge < -0.3 is 4.90 Å². The summed E-state index contributed by atoms with van der Waals surface area (Å²) in [5, 5.41) is 5.83. The first-order valence-electron chi connectivity index (χ1n) is 5.78. The maximum absolute atomic E-state index is 12.5. The number of hydrogen-bond acceptors (Lipinski definition) is 6. The van der Waals surface area contributed by atoms with Crippen LogP contribution in [0.15, 0.2) is 0 Å². The number of rotatable bonds is 3. The quantitative estimate of drug-likeness (QED) is 0.897. The molecule has 20 heavy (non-hydrogen) atoms. The van der Waals surface area contributed by atoms with E-state index in [1.807, 2.05) is 0 Å².